The van der Waals surface area contributed by atoms with Gasteiger partial charge in [-0.15, -0.1) is 0 Å². The lowest BCUT2D eigenvalue weighted by Gasteiger charge is -2.44. The molecule has 0 radical (unpaired) electrons. The summed E-state index contributed by atoms with van der Waals surface area (Å²) in [6.07, 6.45) is 5.98. The van der Waals surface area contributed by atoms with Gasteiger partial charge >= 0.3 is 0 Å². The van der Waals surface area contributed by atoms with E-state index in [0.29, 0.717) is 44.1 Å². The monoisotopic (exact) mass is 515 g/mol. The van der Waals surface area contributed by atoms with E-state index < -0.39 is 5.92 Å². The third kappa shape index (κ3) is 4.41. The summed E-state index contributed by atoms with van der Waals surface area (Å²) in [5, 5.41) is 0. The number of ketones is 2. The van der Waals surface area contributed by atoms with Gasteiger partial charge in [-0.3, -0.25) is 9.59 Å². The van der Waals surface area contributed by atoms with Crippen LogP contribution in [0.2, 0.25) is 0 Å². The third-order valence-electron chi connectivity index (χ3n) is 6.54. The van der Waals surface area contributed by atoms with Crippen LogP contribution in [0.5, 0.6) is 11.5 Å². The Balaban J connectivity index is 1.91. The van der Waals surface area contributed by atoms with Crippen LogP contribution in [0.3, 0.4) is 0 Å². The molecule has 0 atom stereocenters. The van der Waals surface area contributed by atoms with E-state index in [9.17, 15) is 9.59 Å². The second-order valence-electron chi connectivity index (χ2n) is 8.49. The first-order valence-corrected chi connectivity index (χ1v) is 12.2. The summed E-state index contributed by atoms with van der Waals surface area (Å²) in [5.41, 5.74) is 4.45. The van der Waals surface area contributed by atoms with Crippen LogP contribution in [0, 0.1) is 0 Å². The van der Waals surface area contributed by atoms with Crippen LogP contribution in [-0.4, -0.2) is 50.4 Å². The van der Waals surface area contributed by atoms with Crippen LogP contribution in [0.1, 0.15) is 50.0 Å². The Morgan fingerprint density at radius 1 is 1.06 bits per heavy atom. The Morgan fingerprint density at radius 2 is 1.70 bits per heavy atom. The van der Waals surface area contributed by atoms with Gasteiger partial charge in [0.15, 0.2) is 23.1 Å². The summed E-state index contributed by atoms with van der Waals surface area (Å²) in [4.78, 5) is 28.9. The maximum Gasteiger partial charge on any atom is 0.175 e. The first kappa shape index (κ1) is 23.8. The average molecular weight is 516 g/mol. The van der Waals surface area contributed by atoms with Crippen molar-refractivity contribution in [2.24, 2.45) is 0 Å². The quantitative estimate of drug-likeness (QED) is 0.449. The van der Waals surface area contributed by atoms with Crippen LogP contribution >= 0.6 is 15.9 Å². The van der Waals surface area contributed by atoms with Gasteiger partial charge in [0.25, 0.3) is 0 Å². The van der Waals surface area contributed by atoms with Gasteiger partial charge in [-0.2, -0.15) is 0 Å². The van der Waals surface area contributed by atoms with Crippen LogP contribution in [-0.2, 0) is 14.3 Å². The number of Topliss-reactive ketones (excluding diaryl/α,β-unsaturated/α-hetero) is 2. The second kappa shape index (κ2) is 10.3. The van der Waals surface area contributed by atoms with Gasteiger partial charge in [0.1, 0.15) is 6.61 Å². The van der Waals surface area contributed by atoms with Gasteiger partial charge in [0.2, 0.25) is 0 Å². The predicted octanol–water partition coefficient (Wildman–Crippen LogP) is 5.08. The van der Waals surface area contributed by atoms with Crippen molar-refractivity contribution in [1.29, 1.82) is 0 Å². The fraction of sp³-hybridized carbons (Fsp3) is 0.462. The summed E-state index contributed by atoms with van der Waals surface area (Å²) in [7, 11) is 3.27. The molecule has 33 heavy (non-hydrogen) atoms. The Labute approximate surface area is 203 Å². The Hall–Kier alpha value is -2.38. The van der Waals surface area contributed by atoms with E-state index in [-0.39, 0.29) is 11.6 Å². The number of hydrogen-bond acceptors (Lipinski definition) is 6. The van der Waals surface area contributed by atoms with E-state index in [2.05, 4.69) is 27.4 Å². The van der Waals surface area contributed by atoms with E-state index in [1.54, 1.807) is 20.3 Å². The second-order valence-corrected chi connectivity index (χ2v) is 9.34. The maximum absolute atomic E-state index is 13.3. The van der Waals surface area contributed by atoms with Gasteiger partial charge in [0, 0.05) is 55.0 Å². The zero-order valence-electron chi connectivity index (χ0n) is 19.2. The Morgan fingerprint density at radius 3 is 2.24 bits per heavy atom. The summed E-state index contributed by atoms with van der Waals surface area (Å²) < 4.78 is 17.5. The van der Waals surface area contributed by atoms with Gasteiger partial charge in [0.05, 0.1) is 18.2 Å². The van der Waals surface area contributed by atoms with Crippen molar-refractivity contribution in [3.8, 4) is 11.5 Å². The van der Waals surface area contributed by atoms with Gasteiger partial charge in [-0.1, -0.05) is 12.7 Å². The number of allylic oxidation sites excluding steroid dienone is 4. The number of halogens is 1. The SMILES string of the molecule is C=CCOc1c(Br)cc(C2C3=C(CCCC3=O)N(CCOC)C3=C2C(=O)CCC3)cc1OC. The number of benzene rings is 1. The highest BCUT2D eigenvalue weighted by Gasteiger charge is 2.43. The van der Waals surface area contributed by atoms with Crippen molar-refractivity contribution in [3.63, 3.8) is 0 Å². The molecular weight excluding hydrogens is 486 g/mol. The lowest BCUT2D eigenvalue weighted by molar-refractivity contribution is -0.117. The van der Waals surface area contributed by atoms with Gasteiger partial charge < -0.3 is 19.1 Å². The molecule has 1 aromatic carbocycles. The Kier molecular flexibility index (Phi) is 7.39. The van der Waals surface area contributed by atoms with E-state index in [1.807, 2.05) is 12.1 Å². The number of rotatable bonds is 8. The van der Waals surface area contributed by atoms with Crippen molar-refractivity contribution in [1.82, 2.24) is 4.90 Å². The van der Waals surface area contributed by atoms with Crippen molar-refractivity contribution in [3.05, 3.63) is 57.4 Å². The van der Waals surface area contributed by atoms with Crippen LogP contribution in [0.25, 0.3) is 0 Å². The number of nitrogens with zero attached hydrogens (tertiary/aromatic N) is 1. The molecule has 0 fully saturated rings. The number of carbonyl (C=O) groups excluding carboxylic acids is 2. The van der Waals surface area contributed by atoms with Gasteiger partial charge in [-0.05, 0) is 59.3 Å². The van der Waals surface area contributed by atoms with E-state index in [1.165, 1.54) is 0 Å². The standard InChI is InChI=1S/C26H30BrNO5/c1-4-12-33-26-17(27)14-16(15-22(26)32-3)23-24-18(7-5-9-20(24)29)28(11-13-31-2)19-8-6-10-21(30)25(19)23/h4,14-15,23H,1,5-13H2,2-3H3. The molecule has 0 spiro atoms. The van der Waals surface area contributed by atoms with E-state index in [0.717, 1.165) is 58.3 Å². The summed E-state index contributed by atoms with van der Waals surface area (Å²) in [6.45, 7) is 5.23. The summed E-state index contributed by atoms with van der Waals surface area (Å²) in [5.74, 6) is 0.977. The normalized spacial score (nSPS) is 18.9. The molecule has 3 aliphatic rings. The zero-order valence-corrected chi connectivity index (χ0v) is 20.8. The molecule has 1 heterocycles. The molecular formula is C26H30BrNO5. The molecule has 0 saturated heterocycles. The molecule has 0 aromatic heterocycles. The summed E-state index contributed by atoms with van der Waals surface area (Å²) >= 11 is 3.62. The highest BCUT2D eigenvalue weighted by molar-refractivity contribution is 9.10. The average Bonchev–Trinajstić information content (AvgIpc) is 2.81. The fourth-order valence-corrected chi connectivity index (χ4v) is 5.77. The largest absolute Gasteiger partial charge is 0.493 e. The number of methoxy groups -OCH3 is 2. The first-order valence-electron chi connectivity index (χ1n) is 11.4. The molecule has 0 N–H and O–H groups in total. The van der Waals surface area contributed by atoms with Crippen LogP contribution < -0.4 is 9.47 Å². The molecule has 4 rings (SSSR count). The van der Waals surface area contributed by atoms with Crippen molar-refractivity contribution in [2.75, 3.05) is 34.0 Å². The zero-order chi connectivity index (χ0) is 23.5. The summed E-state index contributed by atoms with van der Waals surface area (Å²) in [6, 6.07) is 3.85. The van der Waals surface area contributed by atoms with Crippen molar-refractivity contribution >= 4 is 27.5 Å². The molecule has 0 amide bonds. The molecule has 0 unspecified atom stereocenters. The smallest absolute Gasteiger partial charge is 0.175 e. The van der Waals surface area contributed by atoms with Crippen molar-refractivity contribution in [2.45, 2.75) is 44.4 Å². The highest BCUT2D eigenvalue weighted by atomic mass is 79.9. The van der Waals surface area contributed by atoms with E-state index >= 15 is 0 Å². The molecule has 2 aliphatic carbocycles. The molecule has 1 aromatic rings. The van der Waals surface area contributed by atoms with Crippen LogP contribution in [0.4, 0.5) is 0 Å². The minimum absolute atomic E-state index is 0.121. The minimum atomic E-state index is -0.395. The predicted molar refractivity (Wildman–Crippen MR) is 129 cm³/mol. The number of carbonyl (C=O) groups is 2. The van der Waals surface area contributed by atoms with Crippen LogP contribution in [0.15, 0.2) is 51.8 Å². The molecule has 176 valence electrons. The van der Waals surface area contributed by atoms with Crippen molar-refractivity contribution < 1.29 is 23.8 Å². The lowest BCUT2D eigenvalue weighted by Crippen LogP contribution is -2.40. The molecule has 1 aliphatic heterocycles. The van der Waals surface area contributed by atoms with E-state index in [4.69, 9.17) is 14.2 Å². The molecule has 0 saturated carbocycles. The number of ether oxygens (including phenoxy) is 3. The number of hydrogen-bond donors (Lipinski definition) is 0. The maximum atomic E-state index is 13.3. The molecule has 0 bridgehead atoms. The molecule has 6 nitrogen and oxygen atoms in total. The van der Waals surface area contributed by atoms with Gasteiger partial charge in [-0.25, -0.2) is 0 Å². The fourth-order valence-electron chi connectivity index (χ4n) is 5.19. The first-order chi connectivity index (χ1) is 16.0. The minimum Gasteiger partial charge on any atom is -0.493 e. The topological polar surface area (TPSA) is 65.1 Å². The Bertz CT molecular complexity index is 997. The lowest BCUT2D eigenvalue weighted by atomic mass is 9.71. The third-order valence-corrected chi connectivity index (χ3v) is 7.13. The molecule has 7 heteroatoms. The highest BCUT2D eigenvalue weighted by Crippen LogP contribution is 2.51.